The second-order valence-electron chi connectivity index (χ2n) is 5.23. The van der Waals surface area contributed by atoms with E-state index in [9.17, 15) is 4.79 Å². The summed E-state index contributed by atoms with van der Waals surface area (Å²) in [6, 6.07) is 16.5. The number of halogens is 1. The average Bonchev–Trinajstić information content (AvgIpc) is 3.06. The molecule has 0 bridgehead atoms. The summed E-state index contributed by atoms with van der Waals surface area (Å²) in [7, 11) is 1.58. The first kappa shape index (κ1) is 16.1. The largest absolute Gasteiger partial charge is 0.497 e. The Morgan fingerprint density at radius 1 is 1.21 bits per heavy atom. The number of carbonyl (C=O) groups excluding carboxylic acids is 1. The number of anilines is 1. The minimum Gasteiger partial charge on any atom is -0.497 e. The molecule has 0 atom stereocenters. The third kappa shape index (κ3) is 3.75. The van der Waals surface area contributed by atoms with E-state index in [0.717, 1.165) is 11.3 Å². The number of H-pyrrole nitrogens is 1. The summed E-state index contributed by atoms with van der Waals surface area (Å²) in [6.45, 7) is 0. The smallest absolute Gasteiger partial charge is 0.276 e. The van der Waals surface area contributed by atoms with Crippen LogP contribution >= 0.6 is 11.6 Å². The van der Waals surface area contributed by atoms with Crippen molar-refractivity contribution in [2.45, 2.75) is 6.42 Å². The summed E-state index contributed by atoms with van der Waals surface area (Å²) < 4.78 is 5.14. The molecule has 1 amide bonds. The van der Waals surface area contributed by atoms with E-state index in [-0.39, 0.29) is 5.91 Å². The van der Waals surface area contributed by atoms with Crippen molar-refractivity contribution in [1.29, 1.82) is 0 Å². The normalized spacial score (nSPS) is 10.4. The monoisotopic (exact) mass is 341 g/mol. The van der Waals surface area contributed by atoms with E-state index in [4.69, 9.17) is 16.3 Å². The molecule has 3 aromatic rings. The van der Waals surface area contributed by atoms with E-state index >= 15 is 0 Å². The van der Waals surface area contributed by atoms with Gasteiger partial charge in [-0.1, -0.05) is 35.9 Å². The van der Waals surface area contributed by atoms with Gasteiger partial charge < -0.3 is 10.1 Å². The first-order valence-corrected chi connectivity index (χ1v) is 7.76. The molecular formula is C18H16ClN3O2. The minimum absolute atomic E-state index is 0.287. The van der Waals surface area contributed by atoms with Crippen molar-refractivity contribution < 1.29 is 9.53 Å². The molecule has 0 fully saturated rings. The number of benzene rings is 2. The zero-order chi connectivity index (χ0) is 16.9. The highest BCUT2D eigenvalue weighted by atomic mass is 35.5. The Hall–Kier alpha value is -2.79. The van der Waals surface area contributed by atoms with Gasteiger partial charge >= 0.3 is 0 Å². The fourth-order valence-corrected chi connectivity index (χ4v) is 2.51. The lowest BCUT2D eigenvalue weighted by molar-refractivity contribution is 0.102. The van der Waals surface area contributed by atoms with Gasteiger partial charge in [-0.3, -0.25) is 9.89 Å². The number of hydrogen-bond donors (Lipinski definition) is 2. The van der Waals surface area contributed by atoms with E-state index in [1.165, 1.54) is 0 Å². The Bertz CT molecular complexity index is 861. The van der Waals surface area contributed by atoms with Gasteiger partial charge in [0.2, 0.25) is 0 Å². The molecule has 122 valence electrons. The van der Waals surface area contributed by atoms with Crippen LogP contribution < -0.4 is 10.1 Å². The number of amides is 1. The second kappa shape index (κ2) is 7.19. The van der Waals surface area contributed by atoms with Gasteiger partial charge in [-0.25, -0.2) is 0 Å². The number of carbonyl (C=O) groups is 1. The highest BCUT2D eigenvalue weighted by molar-refractivity contribution is 6.31. The topological polar surface area (TPSA) is 67.0 Å². The highest BCUT2D eigenvalue weighted by Gasteiger charge is 2.12. The zero-order valence-electron chi connectivity index (χ0n) is 13.0. The van der Waals surface area contributed by atoms with Gasteiger partial charge in [0.05, 0.1) is 7.11 Å². The summed E-state index contributed by atoms with van der Waals surface area (Å²) in [6.07, 6.45) is 0.582. The van der Waals surface area contributed by atoms with Crippen LogP contribution in [0.5, 0.6) is 5.75 Å². The van der Waals surface area contributed by atoms with Crippen LogP contribution in [0.25, 0.3) is 0 Å². The number of rotatable bonds is 5. The summed E-state index contributed by atoms with van der Waals surface area (Å²) in [5.41, 5.74) is 2.76. The Morgan fingerprint density at radius 2 is 2.04 bits per heavy atom. The van der Waals surface area contributed by atoms with E-state index in [1.54, 1.807) is 25.3 Å². The number of nitrogens with one attached hydrogen (secondary N) is 2. The highest BCUT2D eigenvalue weighted by Crippen LogP contribution is 2.19. The number of aromatic nitrogens is 2. The zero-order valence-corrected chi connectivity index (χ0v) is 13.8. The molecule has 2 N–H and O–H groups in total. The lowest BCUT2D eigenvalue weighted by Gasteiger charge is -2.05. The SMILES string of the molecule is COc1cccc(NC(=O)c2cc(Cc3ccccc3Cl)[nH]n2)c1. The molecule has 0 aliphatic heterocycles. The fourth-order valence-electron chi connectivity index (χ4n) is 2.31. The van der Waals surface area contributed by atoms with E-state index < -0.39 is 0 Å². The molecule has 1 aromatic heterocycles. The van der Waals surface area contributed by atoms with Crippen LogP contribution in [-0.2, 0) is 6.42 Å². The van der Waals surface area contributed by atoms with Crippen LogP contribution in [0.15, 0.2) is 54.6 Å². The molecule has 0 saturated carbocycles. The predicted octanol–water partition coefficient (Wildman–Crippen LogP) is 3.91. The summed E-state index contributed by atoms with van der Waals surface area (Å²) in [5.74, 6) is 0.388. The van der Waals surface area contributed by atoms with Crippen LogP contribution in [0.3, 0.4) is 0 Å². The van der Waals surface area contributed by atoms with Crippen molar-refractivity contribution in [2.75, 3.05) is 12.4 Å². The molecule has 1 heterocycles. The molecule has 3 rings (SSSR count). The molecule has 2 aromatic carbocycles. The standard InChI is InChI=1S/C18H16ClN3O2/c1-24-15-7-4-6-13(10-15)20-18(23)17-11-14(21-22-17)9-12-5-2-3-8-16(12)19/h2-8,10-11H,9H2,1H3,(H,20,23)(H,21,22). The fraction of sp³-hybridized carbons (Fsp3) is 0.111. The number of ether oxygens (including phenoxy) is 1. The Labute approximate surface area is 144 Å². The van der Waals surface area contributed by atoms with Crippen molar-refractivity contribution in [3.63, 3.8) is 0 Å². The maximum Gasteiger partial charge on any atom is 0.276 e. The lowest BCUT2D eigenvalue weighted by atomic mass is 10.1. The van der Waals surface area contributed by atoms with Gasteiger partial charge in [0, 0.05) is 28.9 Å². The van der Waals surface area contributed by atoms with Crippen molar-refractivity contribution in [3.8, 4) is 5.75 Å². The van der Waals surface area contributed by atoms with Gasteiger partial charge in [0.15, 0.2) is 5.69 Å². The minimum atomic E-state index is -0.287. The maximum atomic E-state index is 12.3. The lowest BCUT2D eigenvalue weighted by Crippen LogP contribution is -2.12. The van der Waals surface area contributed by atoms with E-state index in [1.807, 2.05) is 36.4 Å². The molecule has 5 nitrogen and oxygen atoms in total. The molecule has 0 aliphatic rings. The molecule has 0 radical (unpaired) electrons. The summed E-state index contributed by atoms with van der Waals surface area (Å²) in [5, 5.41) is 10.4. The molecule has 0 spiro atoms. The Morgan fingerprint density at radius 3 is 2.83 bits per heavy atom. The third-order valence-corrected chi connectivity index (χ3v) is 3.90. The summed E-state index contributed by atoms with van der Waals surface area (Å²) in [4.78, 5) is 12.3. The van der Waals surface area contributed by atoms with Gasteiger partial charge in [-0.05, 0) is 29.8 Å². The van der Waals surface area contributed by atoms with Crippen LogP contribution in [0.4, 0.5) is 5.69 Å². The van der Waals surface area contributed by atoms with Gasteiger partial charge in [0.1, 0.15) is 5.75 Å². The molecule has 0 saturated heterocycles. The Kier molecular flexibility index (Phi) is 4.82. The van der Waals surface area contributed by atoms with Crippen LogP contribution in [0.2, 0.25) is 5.02 Å². The molecule has 24 heavy (non-hydrogen) atoms. The molecule has 6 heteroatoms. The van der Waals surface area contributed by atoms with Crippen LogP contribution in [-0.4, -0.2) is 23.2 Å². The first-order chi connectivity index (χ1) is 11.7. The van der Waals surface area contributed by atoms with Crippen molar-refractivity contribution in [1.82, 2.24) is 10.2 Å². The number of nitrogens with zero attached hydrogens (tertiary/aromatic N) is 1. The first-order valence-electron chi connectivity index (χ1n) is 7.39. The van der Waals surface area contributed by atoms with Gasteiger partial charge in [0.25, 0.3) is 5.91 Å². The quantitative estimate of drug-likeness (QED) is 0.739. The molecule has 0 unspecified atom stereocenters. The summed E-state index contributed by atoms with van der Waals surface area (Å²) >= 11 is 6.15. The predicted molar refractivity (Wildman–Crippen MR) is 93.8 cm³/mol. The van der Waals surface area contributed by atoms with Gasteiger partial charge in [-0.15, -0.1) is 0 Å². The number of hydrogen-bond acceptors (Lipinski definition) is 3. The van der Waals surface area contributed by atoms with Crippen LogP contribution in [0.1, 0.15) is 21.7 Å². The van der Waals surface area contributed by atoms with E-state index in [0.29, 0.717) is 28.6 Å². The average molecular weight is 342 g/mol. The third-order valence-electron chi connectivity index (χ3n) is 3.53. The maximum absolute atomic E-state index is 12.3. The molecular weight excluding hydrogens is 326 g/mol. The van der Waals surface area contributed by atoms with Gasteiger partial charge in [-0.2, -0.15) is 5.10 Å². The van der Waals surface area contributed by atoms with Crippen molar-refractivity contribution >= 4 is 23.2 Å². The number of methoxy groups -OCH3 is 1. The second-order valence-corrected chi connectivity index (χ2v) is 5.64. The Balaban J connectivity index is 1.70. The number of aromatic amines is 1. The van der Waals surface area contributed by atoms with Crippen molar-refractivity contribution in [3.05, 3.63) is 76.6 Å². The van der Waals surface area contributed by atoms with Crippen LogP contribution in [0, 0.1) is 0 Å². The van der Waals surface area contributed by atoms with Crippen molar-refractivity contribution in [2.24, 2.45) is 0 Å². The van der Waals surface area contributed by atoms with E-state index in [2.05, 4.69) is 15.5 Å². The molecule has 0 aliphatic carbocycles.